The average Bonchev–Trinajstić information content (AvgIpc) is 2.85. The number of esters is 2. The van der Waals surface area contributed by atoms with Crippen LogP contribution in [0.15, 0.2) is 79.4 Å². The molecule has 3 aromatic rings. The number of benzene rings is 3. The summed E-state index contributed by atoms with van der Waals surface area (Å²) in [5, 5.41) is 12.2. The number of hydrogen-bond acceptors (Lipinski definition) is 9. The predicted octanol–water partition coefficient (Wildman–Crippen LogP) is 4.10. The molecule has 0 fully saturated rings. The van der Waals surface area contributed by atoms with Crippen molar-refractivity contribution in [1.82, 2.24) is 0 Å². The first kappa shape index (κ1) is 25.4. The van der Waals surface area contributed by atoms with Gasteiger partial charge in [-0.2, -0.15) is 0 Å². The summed E-state index contributed by atoms with van der Waals surface area (Å²) < 4.78 is 15.3. The van der Waals surface area contributed by atoms with E-state index in [9.17, 15) is 24.5 Å². The number of carbonyl (C=O) groups excluding carboxylic acids is 3. The van der Waals surface area contributed by atoms with Gasteiger partial charge in [-0.15, -0.1) is 10.1 Å². The molecule has 1 amide bonds. The minimum Gasteiger partial charge on any atom is -0.457 e. The van der Waals surface area contributed by atoms with E-state index >= 15 is 0 Å². The van der Waals surface area contributed by atoms with Crippen molar-refractivity contribution in [3.8, 4) is 17.2 Å². The van der Waals surface area contributed by atoms with Crippen molar-refractivity contribution in [2.75, 3.05) is 12.1 Å². The number of carbonyl (C=O) groups is 3. The molecule has 0 atom stereocenters. The maximum Gasteiger partial charge on any atom is 0.343 e. The quantitative estimate of drug-likeness (QED) is 0.110. The number of anilines is 1. The van der Waals surface area contributed by atoms with Gasteiger partial charge in [-0.25, -0.2) is 9.59 Å². The molecule has 184 valence electrons. The monoisotopic (exact) mass is 492 g/mol. The molecule has 0 aliphatic carbocycles. The molecule has 3 rings (SSSR count). The minimum atomic E-state index is -0.944. The Morgan fingerprint density at radius 2 is 1.61 bits per heavy atom. The van der Waals surface area contributed by atoms with Gasteiger partial charge in [0, 0.05) is 17.3 Å². The third-order valence-corrected chi connectivity index (χ3v) is 4.63. The number of nitrogens with zero attached hydrogens (tertiary/aromatic N) is 1. The lowest BCUT2D eigenvalue weighted by Gasteiger charge is -2.11. The van der Waals surface area contributed by atoms with E-state index in [-0.39, 0.29) is 29.8 Å². The molecule has 0 aliphatic heterocycles. The minimum absolute atomic E-state index is 0.00716. The van der Waals surface area contributed by atoms with Crippen LogP contribution in [0.5, 0.6) is 17.2 Å². The first-order valence-corrected chi connectivity index (χ1v) is 10.3. The molecule has 0 aliphatic rings. The first-order valence-electron chi connectivity index (χ1n) is 10.3. The van der Waals surface area contributed by atoms with E-state index in [1.54, 1.807) is 43.3 Å². The fourth-order valence-corrected chi connectivity index (χ4v) is 2.91. The van der Waals surface area contributed by atoms with E-state index in [0.717, 1.165) is 6.08 Å². The van der Waals surface area contributed by atoms with Crippen LogP contribution in [0.2, 0.25) is 0 Å². The molecule has 0 aromatic heterocycles. The largest absolute Gasteiger partial charge is 0.457 e. The second-order valence-electron chi connectivity index (χ2n) is 7.11. The Bertz CT molecular complexity index is 1290. The van der Waals surface area contributed by atoms with Crippen LogP contribution in [-0.4, -0.2) is 29.7 Å². The van der Waals surface area contributed by atoms with Crippen LogP contribution in [0.1, 0.15) is 26.3 Å². The molecule has 0 unspecified atom stereocenters. The van der Waals surface area contributed by atoms with Crippen LogP contribution < -0.4 is 19.6 Å². The molecule has 36 heavy (non-hydrogen) atoms. The summed E-state index contributed by atoms with van der Waals surface area (Å²) in [6, 6.07) is 16.2. The van der Waals surface area contributed by atoms with Crippen LogP contribution in [0.3, 0.4) is 0 Å². The Hall–Kier alpha value is -5.19. The number of ether oxygens (including phenoxy) is 3. The Balaban J connectivity index is 1.57. The molecular formula is C25H20N2O9. The standard InChI is InChI=1S/C25H20N2O9/c1-3-23(28)34-15-33-19-7-4-17(5-8-19)24(29)26-18-6-13-22(16(2)14-18)25(30)35-20-9-11-21(12-10-20)36-27(31)32/h3-14H,1,15H2,2H3,(H,26,29). The molecule has 3 aromatic carbocycles. The number of rotatable bonds is 10. The van der Waals surface area contributed by atoms with Crippen LogP contribution in [0.4, 0.5) is 5.69 Å². The highest BCUT2D eigenvalue weighted by atomic mass is 17.0. The van der Waals surface area contributed by atoms with Gasteiger partial charge in [0.2, 0.25) is 6.79 Å². The van der Waals surface area contributed by atoms with E-state index in [1.807, 2.05) is 0 Å². The molecule has 0 radical (unpaired) electrons. The van der Waals surface area contributed by atoms with Gasteiger partial charge in [-0.3, -0.25) is 9.63 Å². The maximum absolute atomic E-state index is 12.6. The molecule has 0 heterocycles. The average molecular weight is 492 g/mol. The third kappa shape index (κ3) is 7.15. The lowest BCUT2D eigenvalue weighted by Crippen LogP contribution is -2.14. The molecular weight excluding hydrogens is 472 g/mol. The summed E-state index contributed by atoms with van der Waals surface area (Å²) in [6.45, 7) is 4.68. The normalized spacial score (nSPS) is 10.0. The van der Waals surface area contributed by atoms with Gasteiger partial charge in [0.1, 0.15) is 17.2 Å². The lowest BCUT2D eigenvalue weighted by atomic mass is 10.1. The summed E-state index contributed by atoms with van der Waals surface area (Å²) in [5.74, 6) is -1.05. The van der Waals surface area contributed by atoms with Crippen molar-refractivity contribution in [2.45, 2.75) is 6.92 Å². The van der Waals surface area contributed by atoms with Gasteiger partial charge in [-0.05, 0) is 79.2 Å². The highest BCUT2D eigenvalue weighted by Gasteiger charge is 2.14. The van der Waals surface area contributed by atoms with Crippen molar-refractivity contribution in [3.05, 3.63) is 106 Å². The summed E-state index contributed by atoms with van der Waals surface area (Å²) in [5.41, 5.74) is 1.66. The second kappa shape index (κ2) is 11.8. The van der Waals surface area contributed by atoms with Crippen LogP contribution >= 0.6 is 0 Å². The molecule has 11 heteroatoms. The number of aryl methyl sites for hydroxylation is 1. The van der Waals surface area contributed by atoms with Gasteiger partial charge in [-0.1, -0.05) is 6.58 Å². The summed E-state index contributed by atoms with van der Waals surface area (Å²) in [7, 11) is 0. The SMILES string of the molecule is C=CC(=O)OCOc1ccc(C(=O)Nc2ccc(C(=O)Oc3ccc(O[N+](=O)[O-])cc3)c(C)c2)cc1. The maximum atomic E-state index is 12.6. The van der Waals surface area contributed by atoms with E-state index in [1.165, 1.54) is 30.3 Å². The van der Waals surface area contributed by atoms with Crippen LogP contribution in [-0.2, 0) is 9.53 Å². The Kier molecular flexibility index (Phi) is 8.33. The molecule has 11 nitrogen and oxygen atoms in total. The Morgan fingerprint density at radius 1 is 0.972 bits per heavy atom. The first-order chi connectivity index (χ1) is 17.2. The smallest absolute Gasteiger partial charge is 0.343 e. The van der Waals surface area contributed by atoms with Crippen molar-refractivity contribution in [1.29, 1.82) is 0 Å². The van der Waals surface area contributed by atoms with Crippen molar-refractivity contribution >= 4 is 23.5 Å². The number of amides is 1. The van der Waals surface area contributed by atoms with Crippen LogP contribution in [0, 0.1) is 17.0 Å². The van der Waals surface area contributed by atoms with E-state index in [0.29, 0.717) is 22.6 Å². The summed E-state index contributed by atoms with van der Waals surface area (Å²) in [4.78, 5) is 50.7. The topological polar surface area (TPSA) is 143 Å². The number of nitrogens with one attached hydrogen (secondary N) is 1. The third-order valence-electron chi connectivity index (χ3n) is 4.63. The zero-order chi connectivity index (χ0) is 26.1. The Morgan fingerprint density at radius 3 is 2.22 bits per heavy atom. The molecule has 1 N–H and O–H groups in total. The molecule has 0 saturated carbocycles. The second-order valence-corrected chi connectivity index (χ2v) is 7.11. The van der Waals surface area contributed by atoms with Gasteiger partial charge < -0.3 is 19.5 Å². The fraction of sp³-hybridized carbons (Fsp3) is 0.0800. The van der Waals surface area contributed by atoms with E-state index < -0.39 is 17.0 Å². The summed E-state index contributed by atoms with van der Waals surface area (Å²) >= 11 is 0. The molecule has 0 bridgehead atoms. The van der Waals surface area contributed by atoms with E-state index in [4.69, 9.17) is 14.2 Å². The van der Waals surface area contributed by atoms with Gasteiger partial charge in [0.05, 0.1) is 5.56 Å². The van der Waals surface area contributed by atoms with E-state index in [2.05, 4.69) is 16.7 Å². The Labute approximate surface area is 205 Å². The van der Waals surface area contributed by atoms with Gasteiger partial charge in [0.25, 0.3) is 11.0 Å². The highest BCUT2D eigenvalue weighted by molar-refractivity contribution is 6.04. The number of hydrogen-bond donors (Lipinski definition) is 1. The summed E-state index contributed by atoms with van der Waals surface area (Å²) in [6.07, 6.45) is 1.02. The zero-order valence-electron chi connectivity index (χ0n) is 19.0. The predicted molar refractivity (Wildman–Crippen MR) is 126 cm³/mol. The van der Waals surface area contributed by atoms with Crippen LogP contribution in [0.25, 0.3) is 0 Å². The molecule has 0 spiro atoms. The molecule has 0 saturated heterocycles. The highest BCUT2D eigenvalue weighted by Crippen LogP contribution is 2.22. The van der Waals surface area contributed by atoms with Gasteiger partial charge >= 0.3 is 11.9 Å². The fourth-order valence-electron chi connectivity index (χ4n) is 2.91. The van der Waals surface area contributed by atoms with Gasteiger partial charge in [0.15, 0.2) is 0 Å². The lowest BCUT2D eigenvalue weighted by molar-refractivity contribution is -0.711. The zero-order valence-corrected chi connectivity index (χ0v) is 19.0. The van der Waals surface area contributed by atoms with Crippen molar-refractivity contribution < 1.29 is 38.5 Å². The van der Waals surface area contributed by atoms with Crippen molar-refractivity contribution in [2.24, 2.45) is 0 Å². The van der Waals surface area contributed by atoms with Crippen molar-refractivity contribution in [3.63, 3.8) is 0 Å².